The summed E-state index contributed by atoms with van der Waals surface area (Å²) in [5.41, 5.74) is -2.08. The summed E-state index contributed by atoms with van der Waals surface area (Å²) in [5, 5.41) is 18.9. The van der Waals surface area contributed by atoms with Crippen LogP contribution in [0, 0.1) is 0 Å². The van der Waals surface area contributed by atoms with Gasteiger partial charge in [0.15, 0.2) is 0 Å². The standard InChI is InChI=1S/C12H11ClF3NO2/c1-11(19,5-18)10-3-6-2-8(13)7(12(14,15)16)4-9(6)17-10/h2-4,17-19H,5H2,1H3. The fraction of sp³-hybridized carbons (Fsp3) is 0.333. The van der Waals surface area contributed by atoms with Crippen LogP contribution in [0.15, 0.2) is 18.2 Å². The number of benzene rings is 1. The van der Waals surface area contributed by atoms with Crippen molar-refractivity contribution in [3.63, 3.8) is 0 Å². The number of halogens is 4. The van der Waals surface area contributed by atoms with Crippen LogP contribution in [-0.4, -0.2) is 21.8 Å². The number of hydrogen-bond acceptors (Lipinski definition) is 2. The van der Waals surface area contributed by atoms with Gasteiger partial charge in [-0.2, -0.15) is 13.2 Å². The second-order valence-corrected chi connectivity index (χ2v) is 4.94. The largest absolute Gasteiger partial charge is 0.417 e. The molecule has 19 heavy (non-hydrogen) atoms. The third-order valence-electron chi connectivity index (χ3n) is 2.90. The monoisotopic (exact) mass is 293 g/mol. The Hall–Kier alpha value is -1.24. The van der Waals surface area contributed by atoms with E-state index in [1.54, 1.807) is 0 Å². The molecule has 0 saturated carbocycles. The average Bonchev–Trinajstić information content (AvgIpc) is 2.70. The van der Waals surface area contributed by atoms with E-state index in [1.165, 1.54) is 19.1 Å². The highest BCUT2D eigenvalue weighted by Crippen LogP contribution is 2.37. The molecule has 1 aromatic carbocycles. The second-order valence-electron chi connectivity index (χ2n) is 4.53. The van der Waals surface area contributed by atoms with Crippen molar-refractivity contribution in [1.29, 1.82) is 0 Å². The molecule has 3 N–H and O–H groups in total. The fourth-order valence-electron chi connectivity index (χ4n) is 1.75. The van der Waals surface area contributed by atoms with Gasteiger partial charge in [0.25, 0.3) is 0 Å². The molecule has 0 aliphatic rings. The minimum absolute atomic E-state index is 0.195. The number of aliphatic hydroxyl groups is 2. The molecule has 1 unspecified atom stereocenters. The first kappa shape index (κ1) is 14.2. The number of aromatic amines is 1. The van der Waals surface area contributed by atoms with Crippen molar-refractivity contribution in [2.24, 2.45) is 0 Å². The minimum atomic E-state index is -4.55. The molecule has 3 nitrogen and oxygen atoms in total. The van der Waals surface area contributed by atoms with Gasteiger partial charge in [-0.3, -0.25) is 0 Å². The van der Waals surface area contributed by atoms with Crippen LogP contribution in [0.4, 0.5) is 13.2 Å². The van der Waals surface area contributed by atoms with E-state index < -0.39 is 29.0 Å². The van der Waals surface area contributed by atoms with E-state index in [9.17, 15) is 18.3 Å². The number of hydrogen-bond donors (Lipinski definition) is 3. The van der Waals surface area contributed by atoms with E-state index in [0.29, 0.717) is 5.39 Å². The lowest BCUT2D eigenvalue weighted by molar-refractivity contribution is -0.137. The summed E-state index contributed by atoms with van der Waals surface area (Å²) in [6.07, 6.45) is -4.55. The van der Waals surface area contributed by atoms with Gasteiger partial charge in [0, 0.05) is 10.9 Å². The summed E-state index contributed by atoms with van der Waals surface area (Å²) in [4.78, 5) is 2.66. The molecule has 104 valence electrons. The number of nitrogens with one attached hydrogen (secondary N) is 1. The highest BCUT2D eigenvalue weighted by atomic mass is 35.5. The van der Waals surface area contributed by atoms with Crippen LogP contribution in [0.3, 0.4) is 0 Å². The maximum Gasteiger partial charge on any atom is 0.417 e. The number of aliphatic hydroxyl groups excluding tert-OH is 1. The van der Waals surface area contributed by atoms with Crippen LogP contribution >= 0.6 is 11.6 Å². The lowest BCUT2D eigenvalue weighted by Crippen LogP contribution is -2.26. The first-order valence-electron chi connectivity index (χ1n) is 5.38. The summed E-state index contributed by atoms with van der Waals surface area (Å²) in [6.45, 7) is 0.795. The highest BCUT2D eigenvalue weighted by molar-refractivity contribution is 6.32. The van der Waals surface area contributed by atoms with Gasteiger partial charge in [0.05, 0.1) is 22.9 Å². The molecule has 7 heteroatoms. The molecule has 0 saturated heterocycles. The average molecular weight is 294 g/mol. The Morgan fingerprint density at radius 2 is 1.89 bits per heavy atom. The fourth-order valence-corrected chi connectivity index (χ4v) is 2.02. The zero-order valence-corrected chi connectivity index (χ0v) is 10.6. The van der Waals surface area contributed by atoms with Crippen molar-refractivity contribution in [1.82, 2.24) is 4.98 Å². The van der Waals surface area contributed by atoms with Gasteiger partial charge < -0.3 is 15.2 Å². The van der Waals surface area contributed by atoms with E-state index in [4.69, 9.17) is 16.7 Å². The molecule has 2 aromatic rings. The van der Waals surface area contributed by atoms with Gasteiger partial charge >= 0.3 is 6.18 Å². The van der Waals surface area contributed by atoms with Gasteiger partial charge in [0.2, 0.25) is 0 Å². The molecule has 0 bridgehead atoms. The van der Waals surface area contributed by atoms with Crippen LogP contribution < -0.4 is 0 Å². The molecule has 0 aliphatic heterocycles. The number of aromatic nitrogens is 1. The van der Waals surface area contributed by atoms with Gasteiger partial charge in [-0.25, -0.2) is 0 Å². The Morgan fingerprint density at radius 3 is 2.42 bits per heavy atom. The van der Waals surface area contributed by atoms with Crippen molar-refractivity contribution < 1.29 is 23.4 Å². The molecule has 0 aliphatic carbocycles. The zero-order valence-electron chi connectivity index (χ0n) is 9.85. The van der Waals surface area contributed by atoms with Gasteiger partial charge in [0.1, 0.15) is 5.60 Å². The summed E-state index contributed by atoms with van der Waals surface area (Å²) >= 11 is 5.60. The van der Waals surface area contributed by atoms with Gasteiger partial charge in [-0.15, -0.1) is 0 Å². The van der Waals surface area contributed by atoms with Crippen LogP contribution in [-0.2, 0) is 11.8 Å². The molecule has 0 fully saturated rings. The third kappa shape index (κ3) is 2.56. The molecule has 0 amide bonds. The molecule has 0 spiro atoms. The number of rotatable bonds is 2. The molecule has 1 aromatic heterocycles. The van der Waals surface area contributed by atoms with Crippen LogP contribution in [0.25, 0.3) is 10.9 Å². The number of fused-ring (bicyclic) bond motifs is 1. The second kappa shape index (κ2) is 4.40. The molecule has 1 heterocycles. The normalized spacial score (nSPS) is 15.7. The molecule has 1 atom stereocenters. The smallest absolute Gasteiger partial charge is 0.393 e. The van der Waals surface area contributed by atoms with E-state index in [-0.39, 0.29) is 11.2 Å². The predicted octanol–water partition coefficient (Wildman–Crippen LogP) is 3.04. The lowest BCUT2D eigenvalue weighted by Gasteiger charge is -2.18. The maximum absolute atomic E-state index is 12.7. The third-order valence-corrected chi connectivity index (χ3v) is 3.21. The Balaban J connectivity index is 2.62. The van der Waals surface area contributed by atoms with Gasteiger partial charge in [-0.1, -0.05) is 11.6 Å². The Morgan fingerprint density at radius 1 is 1.26 bits per heavy atom. The van der Waals surface area contributed by atoms with Crippen LogP contribution in [0.1, 0.15) is 18.2 Å². The van der Waals surface area contributed by atoms with Crippen molar-refractivity contribution in [3.05, 3.63) is 34.5 Å². The number of H-pyrrole nitrogens is 1. The zero-order chi connectivity index (χ0) is 14.4. The van der Waals surface area contributed by atoms with Crippen molar-refractivity contribution >= 4 is 22.5 Å². The highest BCUT2D eigenvalue weighted by Gasteiger charge is 2.34. The predicted molar refractivity (Wildman–Crippen MR) is 65.0 cm³/mol. The van der Waals surface area contributed by atoms with Crippen molar-refractivity contribution in [2.45, 2.75) is 18.7 Å². The summed E-state index contributed by atoms with van der Waals surface area (Å²) in [7, 11) is 0. The Labute approximate surface area is 111 Å². The Kier molecular flexibility index (Phi) is 3.28. The van der Waals surface area contributed by atoms with E-state index >= 15 is 0 Å². The van der Waals surface area contributed by atoms with Crippen LogP contribution in [0.2, 0.25) is 5.02 Å². The van der Waals surface area contributed by atoms with Gasteiger partial charge in [-0.05, 0) is 25.1 Å². The quantitative estimate of drug-likeness (QED) is 0.797. The van der Waals surface area contributed by atoms with E-state index in [1.807, 2.05) is 0 Å². The number of alkyl halides is 3. The molecular formula is C12H11ClF3NO2. The van der Waals surface area contributed by atoms with E-state index in [0.717, 1.165) is 6.07 Å². The summed E-state index contributed by atoms with van der Waals surface area (Å²) in [5.74, 6) is 0. The summed E-state index contributed by atoms with van der Waals surface area (Å²) < 4.78 is 38.1. The first-order valence-corrected chi connectivity index (χ1v) is 5.76. The maximum atomic E-state index is 12.7. The van der Waals surface area contributed by atoms with Crippen molar-refractivity contribution in [2.75, 3.05) is 6.61 Å². The summed E-state index contributed by atoms with van der Waals surface area (Å²) in [6, 6.07) is 3.51. The minimum Gasteiger partial charge on any atom is -0.393 e. The Bertz CT molecular complexity index is 619. The topological polar surface area (TPSA) is 56.2 Å². The molecular weight excluding hydrogens is 283 g/mol. The molecule has 2 rings (SSSR count). The molecule has 0 radical (unpaired) electrons. The van der Waals surface area contributed by atoms with E-state index in [2.05, 4.69) is 4.98 Å². The van der Waals surface area contributed by atoms with Crippen LogP contribution in [0.5, 0.6) is 0 Å². The van der Waals surface area contributed by atoms with Crippen molar-refractivity contribution in [3.8, 4) is 0 Å². The SMILES string of the molecule is CC(O)(CO)c1cc2cc(Cl)c(C(F)(F)F)cc2[nH]1. The first-order chi connectivity index (χ1) is 8.65. The lowest BCUT2D eigenvalue weighted by atomic mass is 10.0.